The van der Waals surface area contributed by atoms with E-state index >= 15 is 0 Å². The summed E-state index contributed by atoms with van der Waals surface area (Å²) in [7, 11) is 0. The van der Waals surface area contributed by atoms with Gasteiger partial charge in [0.25, 0.3) is 5.91 Å². The van der Waals surface area contributed by atoms with Crippen LogP contribution in [0.5, 0.6) is 11.5 Å². The molecule has 136 valence electrons. The maximum absolute atomic E-state index is 12.4. The van der Waals surface area contributed by atoms with E-state index in [4.69, 9.17) is 9.47 Å². The molecule has 0 unspecified atom stereocenters. The van der Waals surface area contributed by atoms with E-state index in [0.29, 0.717) is 35.8 Å². The van der Waals surface area contributed by atoms with E-state index in [1.165, 1.54) is 0 Å². The van der Waals surface area contributed by atoms with Crippen LogP contribution in [0.4, 0.5) is 5.69 Å². The minimum atomic E-state index is -0.156. The van der Waals surface area contributed by atoms with E-state index in [9.17, 15) is 9.59 Å². The highest BCUT2D eigenvalue weighted by Crippen LogP contribution is 2.32. The average molecular weight is 354 g/mol. The number of anilines is 1. The van der Waals surface area contributed by atoms with Crippen LogP contribution in [-0.2, 0) is 11.2 Å². The van der Waals surface area contributed by atoms with Gasteiger partial charge in [0.2, 0.25) is 12.7 Å². The topological polar surface area (TPSA) is 67.9 Å². The van der Waals surface area contributed by atoms with Crippen LogP contribution in [0, 0.1) is 0 Å². The van der Waals surface area contributed by atoms with E-state index in [0.717, 1.165) is 5.56 Å². The summed E-state index contributed by atoms with van der Waals surface area (Å²) in [5, 5.41) is 2.85. The van der Waals surface area contributed by atoms with Crippen LogP contribution in [0.1, 0.15) is 29.8 Å². The molecule has 6 heteroatoms. The highest BCUT2D eigenvalue weighted by atomic mass is 16.7. The fourth-order valence-corrected chi connectivity index (χ4v) is 2.86. The minimum absolute atomic E-state index is 0.0399. The van der Waals surface area contributed by atoms with Crippen LogP contribution < -0.4 is 14.8 Å². The molecule has 1 aliphatic heterocycles. The summed E-state index contributed by atoms with van der Waals surface area (Å²) in [6.45, 7) is 5.39. The van der Waals surface area contributed by atoms with Crippen molar-refractivity contribution in [3.05, 3.63) is 53.6 Å². The lowest BCUT2D eigenvalue weighted by Gasteiger charge is -2.19. The first-order valence-corrected chi connectivity index (χ1v) is 8.68. The van der Waals surface area contributed by atoms with Crippen molar-refractivity contribution in [3.63, 3.8) is 0 Å². The number of ether oxygens (including phenoxy) is 2. The molecule has 0 saturated heterocycles. The molecule has 26 heavy (non-hydrogen) atoms. The SMILES string of the molecule is CCN(CC)C(=O)c1cccc(NC(=O)Cc2ccc3c(c2)OCO3)c1. The van der Waals surface area contributed by atoms with E-state index in [2.05, 4.69) is 5.32 Å². The van der Waals surface area contributed by atoms with Gasteiger partial charge in [-0.25, -0.2) is 0 Å². The molecule has 2 aromatic rings. The third-order valence-electron chi connectivity index (χ3n) is 4.25. The highest BCUT2D eigenvalue weighted by Gasteiger charge is 2.16. The van der Waals surface area contributed by atoms with Crippen LogP contribution in [-0.4, -0.2) is 36.6 Å². The summed E-state index contributed by atoms with van der Waals surface area (Å²) in [6.07, 6.45) is 0.213. The largest absolute Gasteiger partial charge is 0.454 e. The van der Waals surface area contributed by atoms with Gasteiger partial charge in [0, 0.05) is 24.3 Å². The number of nitrogens with zero attached hydrogens (tertiary/aromatic N) is 1. The number of carbonyl (C=O) groups excluding carboxylic acids is 2. The molecule has 0 saturated carbocycles. The van der Waals surface area contributed by atoms with Gasteiger partial charge in [-0.1, -0.05) is 12.1 Å². The number of rotatable bonds is 6. The first-order chi connectivity index (χ1) is 12.6. The Balaban J connectivity index is 1.66. The molecular weight excluding hydrogens is 332 g/mol. The van der Waals surface area contributed by atoms with E-state index in [1.807, 2.05) is 26.0 Å². The van der Waals surface area contributed by atoms with Crippen molar-refractivity contribution in [2.45, 2.75) is 20.3 Å². The number of fused-ring (bicyclic) bond motifs is 1. The lowest BCUT2D eigenvalue weighted by molar-refractivity contribution is -0.115. The average Bonchev–Trinajstić information content (AvgIpc) is 3.10. The molecule has 6 nitrogen and oxygen atoms in total. The lowest BCUT2D eigenvalue weighted by Crippen LogP contribution is -2.30. The summed E-state index contributed by atoms with van der Waals surface area (Å²) in [5.74, 6) is 1.15. The third-order valence-corrected chi connectivity index (χ3v) is 4.25. The Labute approximate surface area is 152 Å². The molecule has 1 aliphatic rings. The Morgan fingerprint density at radius 3 is 2.58 bits per heavy atom. The maximum atomic E-state index is 12.4. The lowest BCUT2D eigenvalue weighted by atomic mass is 10.1. The summed E-state index contributed by atoms with van der Waals surface area (Å²) >= 11 is 0. The van der Waals surface area contributed by atoms with Crippen LogP contribution in [0.15, 0.2) is 42.5 Å². The molecule has 1 heterocycles. The number of nitrogens with one attached hydrogen (secondary N) is 1. The third kappa shape index (κ3) is 3.96. The van der Waals surface area contributed by atoms with Crippen molar-refractivity contribution in [2.24, 2.45) is 0 Å². The Kier molecular flexibility index (Phi) is 5.41. The predicted molar refractivity (Wildman–Crippen MR) is 98.6 cm³/mol. The van der Waals surface area contributed by atoms with Crippen molar-refractivity contribution in [3.8, 4) is 11.5 Å². The molecule has 0 spiro atoms. The van der Waals surface area contributed by atoms with Crippen molar-refractivity contribution >= 4 is 17.5 Å². The summed E-state index contributed by atoms with van der Waals surface area (Å²) in [5.41, 5.74) is 2.01. The number of amides is 2. The quantitative estimate of drug-likeness (QED) is 0.866. The van der Waals surface area contributed by atoms with Gasteiger partial charge in [0.05, 0.1) is 6.42 Å². The van der Waals surface area contributed by atoms with Crippen molar-refractivity contribution < 1.29 is 19.1 Å². The van der Waals surface area contributed by atoms with Gasteiger partial charge in [-0.3, -0.25) is 9.59 Å². The molecule has 3 rings (SSSR count). The number of hydrogen-bond acceptors (Lipinski definition) is 4. The minimum Gasteiger partial charge on any atom is -0.454 e. The fourth-order valence-electron chi connectivity index (χ4n) is 2.86. The monoisotopic (exact) mass is 354 g/mol. The second-order valence-corrected chi connectivity index (χ2v) is 5.97. The molecule has 0 bridgehead atoms. The first kappa shape index (κ1) is 17.8. The van der Waals surface area contributed by atoms with E-state index in [-0.39, 0.29) is 25.0 Å². The van der Waals surface area contributed by atoms with Gasteiger partial charge in [-0.15, -0.1) is 0 Å². The number of hydrogen-bond donors (Lipinski definition) is 1. The molecule has 2 aromatic carbocycles. The van der Waals surface area contributed by atoms with Crippen LogP contribution in [0.3, 0.4) is 0 Å². The molecule has 0 atom stereocenters. The second kappa shape index (κ2) is 7.91. The normalized spacial score (nSPS) is 11.9. The van der Waals surface area contributed by atoms with Gasteiger partial charge in [-0.2, -0.15) is 0 Å². The molecular formula is C20H22N2O4. The van der Waals surface area contributed by atoms with E-state index < -0.39 is 0 Å². The molecule has 0 aliphatic carbocycles. The van der Waals surface area contributed by atoms with Crippen LogP contribution in [0.25, 0.3) is 0 Å². The second-order valence-electron chi connectivity index (χ2n) is 5.97. The zero-order valence-corrected chi connectivity index (χ0v) is 15.0. The van der Waals surface area contributed by atoms with Gasteiger partial charge in [0.1, 0.15) is 0 Å². The maximum Gasteiger partial charge on any atom is 0.253 e. The molecule has 0 radical (unpaired) electrons. The molecule has 0 aromatic heterocycles. The number of carbonyl (C=O) groups is 2. The van der Waals surface area contributed by atoms with Gasteiger partial charge >= 0.3 is 0 Å². The summed E-state index contributed by atoms with van der Waals surface area (Å²) in [4.78, 5) is 26.5. The predicted octanol–water partition coefficient (Wildman–Crippen LogP) is 3.08. The first-order valence-electron chi connectivity index (χ1n) is 8.68. The standard InChI is InChI=1S/C20H22N2O4/c1-3-22(4-2)20(24)15-6-5-7-16(12-15)21-19(23)11-14-8-9-17-18(10-14)26-13-25-17/h5-10,12H,3-4,11,13H2,1-2H3,(H,21,23). The Hall–Kier alpha value is -3.02. The smallest absolute Gasteiger partial charge is 0.253 e. The van der Waals surface area contributed by atoms with Gasteiger partial charge in [0.15, 0.2) is 11.5 Å². The van der Waals surface area contributed by atoms with Gasteiger partial charge < -0.3 is 19.7 Å². The van der Waals surface area contributed by atoms with Crippen molar-refractivity contribution in [2.75, 3.05) is 25.2 Å². The van der Waals surface area contributed by atoms with Gasteiger partial charge in [-0.05, 0) is 49.7 Å². The van der Waals surface area contributed by atoms with Crippen molar-refractivity contribution in [1.82, 2.24) is 4.90 Å². The molecule has 1 N–H and O–H groups in total. The molecule has 2 amide bonds. The zero-order valence-electron chi connectivity index (χ0n) is 15.0. The van der Waals surface area contributed by atoms with Crippen molar-refractivity contribution in [1.29, 1.82) is 0 Å². The summed E-state index contributed by atoms with van der Waals surface area (Å²) in [6, 6.07) is 12.5. The van der Waals surface area contributed by atoms with Crippen LogP contribution >= 0.6 is 0 Å². The zero-order chi connectivity index (χ0) is 18.5. The number of benzene rings is 2. The Morgan fingerprint density at radius 2 is 1.81 bits per heavy atom. The molecule has 0 fully saturated rings. The summed E-state index contributed by atoms with van der Waals surface area (Å²) < 4.78 is 10.6. The highest BCUT2D eigenvalue weighted by molar-refractivity contribution is 5.97. The fraction of sp³-hybridized carbons (Fsp3) is 0.300. The Bertz CT molecular complexity index is 815. The van der Waals surface area contributed by atoms with Crippen LogP contribution in [0.2, 0.25) is 0 Å². The van der Waals surface area contributed by atoms with E-state index in [1.54, 1.807) is 35.2 Å². The Morgan fingerprint density at radius 1 is 1.04 bits per heavy atom.